The first kappa shape index (κ1) is 47.9. The number of aromatic nitrogens is 4. The minimum Gasteiger partial charge on any atom is -0.393 e. The molecule has 2 aromatic rings. The molecule has 0 bridgehead atoms. The number of fused-ring (bicyclic) bond motifs is 1. The lowest BCUT2D eigenvalue weighted by molar-refractivity contribution is -0.137. The predicted octanol–water partition coefficient (Wildman–Crippen LogP) is -2.20. The van der Waals surface area contributed by atoms with Gasteiger partial charge >= 0.3 is 23.5 Å². The van der Waals surface area contributed by atoms with E-state index < -0.39 is 102 Å². The number of nitrogens with two attached hydrogens (primary N) is 1. The van der Waals surface area contributed by atoms with E-state index in [1.165, 1.54) is 20.8 Å². The molecule has 1 fully saturated rings. The van der Waals surface area contributed by atoms with Gasteiger partial charge in [-0.2, -0.15) is 4.31 Å². The van der Waals surface area contributed by atoms with Crippen LogP contribution in [-0.2, 0) is 50.7 Å². The van der Waals surface area contributed by atoms with Gasteiger partial charge in [-0.1, -0.05) is 25.6 Å². The van der Waals surface area contributed by atoms with Crippen LogP contribution in [0.15, 0.2) is 12.7 Å². The Bertz CT molecular complexity index is 1830. The van der Waals surface area contributed by atoms with Gasteiger partial charge in [-0.3, -0.25) is 32.5 Å². The molecule has 1 aliphatic rings. The number of imidazole rings is 1. The highest BCUT2D eigenvalue weighted by Crippen LogP contribution is 2.61. The molecule has 0 spiro atoms. The van der Waals surface area contributed by atoms with E-state index in [4.69, 9.17) is 19.5 Å². The first-order valence-corrected chi connectivity index (χ1v) is 21.7. The molecule has 9 atom stereocenters. The summed E-state index contributed by atoms with van der Waals surface area (Å²) in [7, 11) is -16.4. The first-order chi connectivity index (χ1) is 25.8. The van der Waals surface area contributed by atoms with Crippen molar-refractivity contribution >= 4 is 69.1 Å². The number of thioether (sulfide) groups is 1. The van der Waals surface area contributed by atoms with Gasteiger partial charge in [0.05, 0.1) is 25.6 Å². The number of rotatable bonds is 22. The average Bonchev–Trinajstić information content (AvgIpc) is 3.64. The minimum atomic E-state index is -5.59. The highest BCUT2D eigenvalue weighted by atomic mass is 32.2. The SMILES string of the molecule is CC(O)CC(O)C(=O)SCCNC(=O)CCNC(=O)C(O)C(C)(C)COP(=O)(O)OP(=O)(O)OC[C@H]1O[C@@H](n2cnc3c(N)ncnc32)[C@H](O)[C@@H]1OP(=O)(O)O. The zero-order chi connectivity index (χ0) is 42.2. The summed E-state index contributed by atoms with van der Waals surface area (Å²) in [6.45, 7) is 1.59. The van der Waals surface area contributed by atoms with Crippen molar-refractivity contribution in [3.8, 4) is 0 Å². The zero-order valence-electron chi connectivity index (χ0n) is 29.8. The number of phosphoric acid groups is 3. The summed E-state index contributed by atoms with van der Waals surface area (Å²) < 4.78 is 62.0. The average molecular weight is 884 g/mol. The van der Waals surface area contributed by atoms with E-state index in [1.54, 1.807) is 0 Å². The maximum atomic E-state index is 12.7. The Labute approximate surface area is 321 Å². The lowest BCUT2D eigenvalue weighted by Gasteiger charge is -2.30. The number of amides is 2. The second-order valence-electron chi connectivity index (χ2n) is 12.8. The van der Waals surface area contributed by atoms with Crippen LogP contribution in [0.25, 0.3) is 11.2 Å². The summed E-state index contributed by atoms with van der Waals surface area (Å²) >= 11 is 0.759. The van der Waals surface area contributed by atoms with Crippen molar-refractivity contribution in [1.82, 2.24) is 30.2 Å². The third-order valence-corrected chi connectivity index (χ3v) is 11.6. The molecular formula is C26H44N7O19P3S. The molecule has 30 heteroatoms. The van der Waals surface area contributed by atoms with Gasteiger partial charge < -0.3 is 61.1 Å². The Balaban J connectivity index is 1.49. The Kier molecular flexibility index (Phi) is 17.1. The van der Waals surface area contributed by atoms with E-state index in [-0.39, 0.29) is 48.7 Å². The summed E-state index contributed by atoms with van der Waals surface area (Å²) in [5, 5.41) is 44.5. The molecular weight excluding hydrogens is 839 g/mol. The molecule has 1 aliphatic heterocycles. The monoisotopic (exact) mass is 883 g/mol. The number of aliphatic hydroxyl groups is 4. The number of nitrogen functional groups attached to an aromatic ring is 1. The lowest BCUT2D eigenvalue weighted by atomic mass is 9.87. The second-order valence-corrected chi connectivity index (χ2v) is 18.2. The quantitative estimate of drug-likeness (QED) is 0.0441. The van der Waals surface area contributed by atoms with Crippen LogP contribution in [0.5, 0.6) is 0 Å². The lowest BCUT2D eigenvalue weighted by Crippen LogP contribution is -2.46. The highest BCUT2D eigenvalue weighted by molar-refractivity contribution is 8.13. The fourth-order valence-electron chi connectivity index (χ4n) is 4.80. The summed E-state index contributed by atoms with van der Waals surface area (Å²) in [5.41, 5.74) is 4.20. The smallest absolute Gasteiger partial charge is 0.393 e. The third kappa shape index (κ3) is 14.4. The van der Waals surface area contributed by atoms with Crippen LogP contribution in [-0.4, -0.2) is 145 Å². The maximum absolute atomic E-state index is 12.7. The topological polar surface area (TPSA) is 404 Å². The van der Waals surface area contributed by atoms with Crippen LogP contribution < -0.4 is 16.4 Å². The number of ether oxygens (including phenoxy) is 1. The first-order valence-electron chi connectivity index (χ1n) is 16.2. The van der Waals surface area contributed by atoms with Crippen molar-refractivity contribution in [1.29, 1.82) is 0 Å². The molecule has 0 radical (unpaired) electrons. The van der Waals surface area contributed by atoms with Crippen molar-refractivity contribution in [3.63, 3.8) is 0 Å². The number of aliphatic hydroxyl groups excluding tert-OH is 4. The molecule has 0 saturated carbocycles. The normalized spacial score (nSPS) is 22.8. The Hall–Kier alpha value is -2.52. The van der Waals surface area contributed by atoms with Crippen molar-refractivity contribution in [3.05, 3.63) is 12.7 Å². The molecule has 12 N–H and O–H groups in total. The number of hydrogen-bond donors (Lipinski definition) is 11. The number of phosphoric ester groups is 3. The molecule has 2 amide bonds. The van der Waals surface area contributed by atoms with E-state index in [1.807, 2.05) is 0 Å². The van der Waals surface area contributed by atoms with Gasteiger partial charge in [-0.15, -0.1) is 0 Å². The number of hydrogen-bond acceptors (Lipinski definition) is 20. The second kappa shape index (κ2) is 20.0. The standard InChI is InChI=1S/C26H44N7O19P3S/c1-13(34)8-14(35)25(40)56-7-6-28-16(36)4-5-29-23(39)20(38)26(2,3)10-49-55(46,47)52-54(44,45)48-9-15-19(51-53(41,42)43)18(37)24(50-15)33-12-32-17-21(27)30-11-31-22(17)33/h11-15,18-20,24,34-35,37-38H,4-10H2,1-3H3,(H,28,36)(H,29,39)(H,44,45)(H,46,47)(H2,27,30,31)(H2,41,42,43)/t13?,14?,15-,18-,19-,20?,24-/m1/s1. The summed E-state index contributed by atoms with van der Waals surface area (Å²) in [5.74, 6) is -1.47. The van der Waals surface area contributed by atoms with E-state index in [9.17, 15) is 68.1 Å². The van der Waals surface area contributed by atoms with Gasteiger partial charge in [0, 0.05) is 37.1 Å². The highest BCUT2D eigenvalue weighted by Gasteiger charge is 2.50. The van der Waals surface area contributed by atoms with Crippen LogP contribution >= 0.6 is 35.2 Å². The van der Waals surface area contributed by atoms with Crippen LogP contribution in [0.4, 0.5) is 5.82 Å². The molecule has 5 unspecified atom stereocenters. The fourth-order valence-corrected chi connectivity index (χ4v) is 8.32. The maximum Gasteiger partial charge on any atom is 0.481 e. The minimum absolute atomic E-state index is 0.0204. The number of carbonyl (C=O) groups is 3. The van der Waals surface area contributed by atoms with Crippen LogP contribution in [0.3, 0.4) is 0 Å². The van der Waals surface area contributed by atoms with Crippen LogP contribution in [0.2, 0.25) is 0 Å². The number of anilines is 1. The van der Waals surface area contributed by atoms with Crippen molar-refractivity contribution in [2.45, 2.75) is 76.5 Å². The van der Waals surface area contributed by atoms with Crippen LogP contribution in [0, 0.1) is 5.41 Å². The van der Waals surface area contributed by atoms with Gasteiger partial charge in [0.25, 0.3) is 0 Å². The summed E-state index contributed by atoms with van der Waals surface area (Å²) in [4.78, 5) is 87.2. The van der Waals surface area contributed by atoms with E-state index in [0.29, 0.717) is 0 Å². The van der Waals surface area contributed by atoms with E-state index in [0.717, 1.165) is 29.0 Å². The molecule has 3 heterocycles. The van der Waals surface area contributed by atoms with Gasteiger partial charge in [0.2, 0.25) is 16.9 Å². The molecule has 2 aromatic heterocycles. The Morgan fingerprint density at radius 1 is 1.04 bits per heavy atom. The Morgan fingerprint density at radius 2 is 1.70 bits per heavy atom. The molecule has 0 aromatic carbocycles. The van der Waals surface area contributed by atoms with E-state index >= 15 is 0 Å². The summed E-state index contributed by atoms with van der Waals surface area (Å²) in [6, 6.07) is 0. The molecule has 3 rings (SSSR count). The third-order valence-electron chi connectivity index (χ3n) is 7.58. The number of nitrogens with zero attached hydrogens (tertiary/aromatic N) is 4. The van der Waals surface area contributed by atoms with Crippen molar-refractivity contribution in [2.75, 3.05) is 37.8 Å². The molecule has 0 aliphatic carbocycles. The van der Waals surface area contributed by atoms with Crippen molar-refractivity contribution < 1.29 is 90.7 Å². The molecule has 318 valence electrons. The largest absolute Gasteiger partial charge is 0.481 e. The zero-order valence-corrected chi connectivity index (χ0v) is 33.3. The molecule has 56 heavy (non-hydrogen) atoms. The van der Waals surface area contributed by atoms with E-state index in [2.05, 4.69) is 34.4 Å². The molecule has 1 saturated heterocycles. The van der Waals surface area contributed by atoms with Crippen molar-refractivity contribution in [2.24, 2.45) is 5.41 Å². The predicted molar refractivity (Wildman–Crippen MR) is 189 cm³/mol. The number of nitrogens with one attached hydrogen (secondary N) is 2. The van der Waals surface area contributed by atoms with Crippen LogP contribution in [0.1, 0.15) is 39.8 Å². The van der Waals surface area contributed by atoms with Gasteiger partial charge in [0.15, 0.2) is 17.7 Å². The Morgan fingerprint density at radius 3 is 2.34 bits per heavy atom. The van der Waals surface area contributed by atoms with Gasteiger partial charge in [0.1, 0.15) is 42.4 Å². The van der Waals surface area contributed by atoms with Gasteiger partial charge in [-0.25, -0.2) is 28.6 Å². The van der Waals surface area contributed by atoms with Gasteiger partial charge in [-0.05, 0) is 6.92 Å². The fraction of sp³-hybridized carbons (Fsp3) is 0.692. The summed E-state index contributed by atoms with van der Waals surface area (Å²) in [6.07, 6.45) is -9.45. The number of carbonyl (C=O) groups excluding carboxylic acids is 3. The molecule has 26 nitrogen and oxygen atoms in total.